The maximum atomic E-state index is 13.2. The van der Waals surface area contributed by atoms with E-state index in [1.165, 1.54) is 17.3 Å². The summed E-state index contributed by atoms with van der Waals surface area (Å²) in [7, 11) is 0. The molecule has 1 aromatic carbocycles. The molecule has 2 aromatic heterocycles. The topological polar surface area (TPSA) is 92.9 Å². The average molecular weight is 376 g/mol. The molecule has 0 unspecified atom stereocenters. The van der Waals surface area contributed by atoms with Gasteiger partial charge < -0.3 is 15.2 Å². The lowest BCUT2D eigenvalue weighted by Crippen LogP contribution is -2.32. The van der Waals surface area contributed by atoms with Gasteiger partial charge in [-0.3, -0.25) is 9.36 Å². The van der Waals surface area contributed by atoms with E-state index in [2.05, 4.69) is 16.0 Å². The van der Waals surface area contributed by atoms with Crippen LogP contribution < -0.4 is 16.2 Å². The van der Waals surface area contributed by atoms with Crippen LogP contribution in [0.1, 0.15) is 30.4 Å². The van der Waals surface area contributed by atoms with Crippen LogP contribution in [0, 0.1) is 11.3 Å². The van der Waals surface area contributed by atoms with Crippen LogP contribution in [0.5, 0.6) is 0 Å². The molecule has 0 bridgehead atoms. The molecule has 0 aliphatic carbocycles. The van der Waals surface area contributed by atoms with Gasteiger partial charge in [0.2, 0.25) is 0 Å². The number of fused-ring (bicyclic) bond motifs is 1. The zero-order valence-corrected chi connectivity index (χ0v) is 15.8. The molecule has 0 spiro atoms. The Kier molecular flexibility index (Phi) is 5.13. The third-order valence-corrected chi connectivity index (χ3v) is 5.32. The van der Waals surface area contributed by atoms with Gasteiger partial charge in [0.25, 0.3) is 5.56 Å². The molecule has 0 atom stereocenters. The van der Waals surface area contributed by atoms with Crippen molar-refractivity contribution in [3.8, 4) is 6.07 Å². The van der Waals surface area contributed by atoms with Crippen LogP contribution in [0.4, 0.5) is 5.82 Å². The zero-order chi connectivity index (χ0) is 19.5. The first-order valence-corrected chi connectivity index (χ1v) is 9.75. The lowest BCUT2D eigenvalue weighted by atomic mass is 10.1. The molecule has 4 rings (SSSR count). The Morgan fingerprint density at radius 2 is 1.89 bits per heavy atom. The number of hydrogen-bond acceptors (Lipinski definition) is 5. The summed E-state index contributed by atoms with van der Waals surface area (Å²) in [5.41, 5.74) is 8.05. The number of nitriles is 1. The molecular weight excluding hydrogens is 352 g/mol. The number of nitrogens with two attached hydrogens (primary N) is 1. The SMILES string of the molecule is N#Cc1c(N2CCCCC2)n(Cc2ccccc2)c2c(=O)n(CCN)cnc12. The van der Waals surface area contributed by atoms with Gasteiger partial charge in [0.05, 0.1) is 6.33 Å². The Labute approximate surface area is 163 Å². The summed E-state index contributed by atoms with van der Waals surface area (Å²) in [5, 5.41) is 9.93. The number of anilines is 1. The van der Waals surface area contributed by atoms with Crippen LogP contribution in [0.3, 0.4) is 0 Å². The van der Waals surface area contributed by atoms with Crippen molar-refractivity contribution in [3.05, 3.63) is 58.1 Å². The van der Waals surface area contributed by atoms with Crippen molar-refractivity contribution >= 4 is 16.9 Å². The number of aromatic nitrogens is 3. The van der Waals surface area contributed by atoms with Crippen LogP contribution in [0.25, 0.3) is 11.0 Å². The molecule has 1 aliphatic heterocycles. The number of benzene rings is 1. The van der Waals surface area contributed by atoms with Crippen molar-refractivity contribution in [1.29, 1.82) is 5.26 Å². The first-order chi connectivity index (χ1) is 13.7. The molecule has 0 radical (unpaired) electrons. The van der Waals surface area contributed by atoms with Gasteiger partial charge in [-0.2, -0.15) is 5.26 Å². The van der Waals surface area contributed by atoms with E-state index in [1.807, 2.05) is 34.9 Å². The van der Waals surface area contributed by atoms with Gasteiger partial charge in [-0.1, -0.05) is 30.3 Å². The quantitative estimate of drug-likeness (QED) is 0.736. The minimum absolute atomic E-state index is 0.147. The highest BCUT2D eigenvalue weighted by Gasteiger charge is 2.26. The Hall–Kier alpha value is -3.11. The van der Waals surface area contributed by atoms with Gasteiger partial charge in [0, 0.05) is 32.7 Å². The van der Waals surface area contributed by atoms with Crippen molar-refractivity contribution in [2.45, 2.75) is 32.4 Å². The van der Waals surface area contributed by atoms with E-state index in [-0.39, 0.29) is 5.56 Å². The molecule has 0 saturated carbocycles. The first-order valence-electron chi connectivity index (χ1n) is 9.75. The van der Waals surface area contributed by atoms with E-state index in [1.54, 1.807) is 0 Å². The minimum atomic E-state index is -0.147. The molecule has 0 amide bonds. The highest BCUT2D eigenvalue weighted by Crippen LogP contribution is 2.32. The number of hydrogen-bond donors (Lipinski definition) is 1. The second kappa shape index (κ2) is 7.87. The summed E-state index contributed by atoms with van der Waals surface area (Å²) in [4.78, 5) is 19.9. The molecule has 28 heavy (non-hydrogen) atoms. The molecule has 3 heterocycles. The summed E-state index contributed by atoms with van der Waals surface area (Å²) < 4.78 is 3.52. The van der Waals surface area contributed by atoms with E-state index < -0.39 is 0 Å². The van der Waals surface area contributed by atoms with Gasteiger partial charge in [0.1, 0.15) is 28.5 Å². The Balaban J connectivity index is 1.98. The van der Waals surface area contributed by atoms with Crippen molar-refractivity contribution in [3.63, 3.8) is 0 Å². The third kappa shape index (κ3) is 3.16. The second-order valence-electron chi connectivity index (χ2n) is 7.16. The minimum Gasteiger partial charge on any atom is -0.357 e. The Morgan fingerprint density at radius 1 is 1.14 bits per heavy atom. The van der Waals surface area contributed by atoms with Crippen LogP contribution in [-0.2, 0) is 13.1 Å². The van der Waals surface area contributed by atoms with Crippen LogP contribution in [0.2, 0.25) is 0 Å². The van der Waals surface area contributed by atoms with Crippen molar-refractivity contribution in [1.82, 2.24) is 14.1 Å². The monoisotopic (exact) mass is 376 g/mol. The molecule has 1 fully saturated rings. The highest BCUT2D eigenvalue weighted by atomic mass is 16.1. The van der Waals surface area contributed by atoms with Crippen LogP contribution in [0.15, 0.2) is 41.5 Å². The lowest BCUT2D eigenvalue weighted by Gasteiger charge is -2.30. The maximum Gasteiger partial charge on any atom is 0.278 e. The smallest absolute Gasteiger partial charge is 0.278 e. The standard InChI is InChI=1S/C21H24N6O/c22-9-12-26-15-24-18-17(13-23)20(25-10-5-2-6-11-25)27(19(18)21(26)28)14-16-7-3-1-4-8-16/h1,3-4,7-8,15H,2,5-6,9-12,14,22H2. The summed E-state index contributed by atoms with van der Waals surface area (Å²) in [5.74, 6) is 0.816. The molecule has 144 valence electrons. The fourth-order valence-electron chi connectivity index (χ4n) is 4.01. The lowest BCUT2D eigenvalue weighted by molar-refractivity contribution is 0.564. The molecule has 1 saturated heterocycles. The largest absolute Gasteiger partial charge is 0.357 e. The molecule has 1 aliphatic rings. The highest BCUT2D eigenvalue weighted by molar-refractivity contribution is 5.89. The Morgan fingerprint density at radius 3 is 2.57 bits per heavy atom. The van der Waals surface area contributed by atoms with Crippen molar-refractivity contribution in [2.24, 2.45) is 5.73 Å². The normalized spacial score (nSPS) is 14.4. The molecule has 2 N–H and O–H groups in total. The number of rotatable bonds is 5. The molecular formula is C21H24N6O. The van der Waals surface area contributed by atoms with Crippen molar-refractivity contribution < 1.29 is 0 Å². The van der Waals surface area contributed by atoms with Gasteiger partial charge in [-0.25, -0.2) is 4.98 Å². The summed E-state index contributed by atoms with van der Waals surface area (Å²) in [6.07, 6.45) is 4.87. The van der Waals surface area contributed by atoms with Crippen molar-refractivity contribution in [2.75, 3.05) is 24.5 Å². The second-order valence-corrected chi connectivity index (χ2v) is 7.16. The van der Waals surface area contributed by atoms with E-state index in [4.69, 9.17) is 5.73 Å². The molecule has 3 aromatic rings. The van der Waals surface area contributed by atoms with Gasteiger partial charge >= 0.3 is 0 Å². The zero-order valence-electron chi connectivity index (χ0n) is 15.8. The van der Waals surface area contributed by atoms with Crippen LogP contribution in [-0.4, -0.2) is 33.8 Å². The van der Waals surface area contributed by atoms with Crippen LogP contribution >= 0.6 is 0 Å². The predicted molar refractivity (Wildman–Crippen MR) is 109 cm³/mol. The number of piperidine rings is 1. The van der Waals surface area contributed by atoms with E-state index in [9.17, 15) is 10.1 Å². The average Bonchev–Trinajstić information content (AvgIpc) is 3.05. The first kappa shape index (κ1) is 18.3. The third-order valence-electron chi connectivity index (χ3n) is 5.32. The van der Waals surface area contributed by atoms with E-state index in [0.29, 0.717) is 36.2 Å². The van der Waals surface area contributed by atoms with E-state index in [0.717, 1.165) is 37.3 Å². The summed E-state index contributed by atoms with van der Waals surface area (Å²) >= 11 is 0. The Bertz CT molecular complexity index is 1070. The summed E-state index contributed by atoms with van der Waals surface area (Å²) in [6.45, 7) is 3.05. The summed E-state index contributed by atoms with van der Waals surface area (Å²) in [6, 6.07) is 12.3. The van der Waals surface area contributed by atoms with E-state index >= 15 is 0 Å². The van der Waals surface area contributed by atoms with Gasteiger partial charge in [-0.05, 0) is 24.8 Å². The van der Waals surface area contributed by atoms with Gasteiger partial charge in [-0.15, -0.1) is 0 Å². The fraction of sp³-hybridized carbons (Fsp3) is 0.381. The maximum absolute atomic E-state index is 13.2. The fourth-order valence-corrected chi connectivity index (χ4v) is 4.01. The van der Waals surface area contributed by atoms with Gasteiger partial charge in [0.15, 0.2) is 0 Å². The molecule has 7 nitrogen and oxygen atoms in total. The molecule has 7 heteroatoms. The number of nitrogens with zero attached hydrogens (tertiary/aromatic N) is 5. The predicted octanol–water partition coefficient (Wildman–Crippen LogP) is 2.07.